The first-order valence-electron chi connectivity index (χ1n) is 18.8. The molecule has 2 aliphatic rings. The van der Waals surface area contributed by atoms with Crippen LogP contribution in [0.4, 0.5) is 16.6 Å². The van der Waals surface area contributed by atoms with Crippen molar-refractivity contribution in [3.8, 4) is 11.4 Å². The number of piperidine rings is 1. The summed E-state index contributed by atoms with van der Waals surface area (Å²) >= 11 is 0. The Labute approximate surface area is 311 Å². The summed E-state index contributed by atoms with van der Waals surface area (Å²) in [6.45, 7) is 12.6. The molecule has 7 rings (SSSR count). The number of fused-ring (bicyclic) bond motifs is 2. The molecule has 0 saturated carbocycles. The van der Waals surface area contributed by atoms with Gasteiger partial charge in [-0.15, -0.1) is 10.2 Å². The number of ether oxygens (including phenoxy) is 2. The number of anilines is 2. The van der Waals surface area contributed by atoms with Crippen LogP contribution in [-0.2, 0) is 16.7 Å². The van der Waals surface area contributed by atoms with Gasteiger partial charge in [0.15, 0.2) is 5.65 Å². The van der Waals surface area contributed by atoms with E-state index >= 15 is 0 Å². The van der Waals surface area contributed by atoms with Gasteiger partial charge in [0.2, 0.25) is 5.95 Å². The van der Waals surface area contributed by atoms with E-state index in [4.69, 9.17) is 14.6 Å². The lowest BCUT2D eigenvalue weighted by molar-refractivity contribution is 0.159. The van der Waals surface area contributed by atoms with Crippen molar-refractivity contribution in [2.24, 2.45) is 0 Å². The summed E-state index contributed by atoms with van der Waals surface area (Å²) in [6, 6.07) is 14.0. The summed E-state index contributed by atoms with van der Waals surface area (Å²) in [7, 11) is 3.78. The largest absolute Gasteiger partial charge is 0.484 e. The predicted molar refractivity (Wildman–Crippen MR) is 205 cm³/mol. The maximum atomic E-state index is 13.7. The Bertz CT molecular complexity index is 2010. The van der Waals surface area contributed by atoms with Gasteiger partial charge in [0.1, 0.15) is 23.4 Å². The molecule has 1 fully saturated rings. The first kappa shape index (κ1) is 36.4. The van der Waals surface area contributed by atoms with Crippen molar-refractivity contribution >= 4 is 23.4 Å². The zero-order valence-electron chi connectivity index (χ0n) is 31.8. The molecule has 3 unspecified atom stereocenters. The Morgan fingerprint density at radius 2 is 1.85 bits per heavy atom. The third kappa shape index (κ3) is 8.18. The van der Waals surface area contributed by atoms with E-state index in [1.54, 1.807) is 18.0 Å². The van der Waals surface area contributed by atoms with Gasteiger partial charge in [0.25, 0.3) is 0 Å². The minimum Gasteiger partial charge on any atom is -0.484 e. The second kappa shape index (κ2) is 15.6. The molecule has 14 heteroatoms. The Balaban J connectivity index is 1.05. The van der Waals surface area contributed by atoms with Crippen LogP contribution in [0.5, 0.6) is 5.75 Å². The Kier molecular flexibility index (Phi) is 10.7. The summed E-state index contributed by atoms with van der Waals surface area (Å²) in [5.41, 5.74) is 4.34. The van der Waals surface area contributed by atoms with Gasteiger partial charge in [-0.3, -0.25) is 14.4 Å². The molecule has 0 spiro atoms. The van der Waals surface area contributed by atoms with E-state index in [9.17, 15) is 4.79 Å². The van der Waals surface area contributed by atoms with Gasteiger partial charge < -0.3 is 24.6 Å². The number of amides is 2. The van der Waals surface area contributed by atoms with Gasteiger partial charge in [-0.2, -0.15) is 10.2 Å². The number of hydrogen-bond donors (Lipinski definition) is 2. The topological polar surface area (TPSA) is 132 Å². The fraction of sp³-hybridized carbons (Fsp3) is 0.513. The van der Waals surface area contributed by atoms with E-state index < -0.39 is 0 Å². The molecule has 5 heterocycles. The molecule has 5 aromatic rings. The highest BCUT2D eigenvalue weighted by molar-refractivity contribution is 5.89. The first-order chi connectivity index (χ1) is 25.6. The fourth-order valence-corrected chi connectivity index (χ4v) is 7.27. The minimum atomic E-state index is -0.296. The third-order valence-electron chi connectivity index (χ3n) is 10.4. The number of likely N-dealkylation sites (N-methyl/N-ethyl adjacent to an activating group) is 1. The number of aromatic nitrogens is 7. The molecule has 0 radical (unpaired) electrons. The van der Waals surface area contributed by atoms with E-state index in [2.05, 4.69) is 82.6 Å². The van der Waals surface area contributed by atoms with Crippen molar-refractivity contribution in [1.29, 1.82) is 0 Å². The lowest BCUT2D eigenvalue weighted by Crippen LogP contribution is -2.38. The van der Waals surface area contributed by atoms with Crippen LogP contribution in [0.2, 0.25) is 0 Å². The van der Waals surface area contributed by atoms with Crippen LogP contribution in [0.3, 0.4) is 0 Å². The molecule has 2 amide bonds. The summed E-state index contributed by atoms with van der Waals surface area (Å²) in [6.07, 6.45) is 10.6. The van der Waals surface area contributed by atoms with E-state index in [1.807, 2.05) is 51.8 Å². The molecule has 1 aliphatic carbocycles. The predicted octanol–water partition coefficient (Wildman–Crippen LogP) is 6.14. The van der Waals surface area contributed by atoms with Crippen molar-refractivity contribution in [3.05, 3.63) is 77.9 Å². The number of methoxy groups -OCH3 is 1. The Morgan fingerprint density at radius 1 is 1.02 bits per heavy atom. The van der Waals surface area contributed by atoms with Crippen molar-refractivity contribution in [2.45, 2.75) is 89.9 Å². The molecule has 1 saturated heterocycles. The number of nitrogens with one attached hydrogen (secondary N) is 2. The molecule has 2 N–H and O–H groups in total. The Hall–Kier alpha value is -4.95. The minimum absolute atomic E-state index is 0.161. The van der Waals surface area contributed by atoms with E-state index in [-0.39, 0.29) is 23.6 Å². The molecule has 3 atom stereocenters. The smallest absolute Gasteiger partial charge is 0.320 e. The molecule has 14 nitrogen and oxygen atoms in total. The summed E-state index contributed by atoms with van der Waals surface area (Å²) in [5, 5.41) is 24.8. The van der Waals surface area contributed by atoms with E-state index in [0.717, 1.165) is 91.7 Å². The van der Waals surface area contributed by atoms with Gasteiger partial charge in [-0.1, -0.05) is 45.0 Å². The molecule has 282 valence electrons. The third-order valence-corrected chi connectivity index (χ3v) is 10.4. The summed E-state index contributed by atoms with van der Waals surface area (Å²) in [4.78, 5) is 18.3. The van der Waals surface area contributed by atoms with Gasteiger partial charge in [-0.05, 0) is 69.3 Å². The lowest BCUT2D eigenvalue weighted by Gasteiger charge is -2.33. The maximum absolute atomic E-state index is 13.7. The monoisotopic (exact) mass is 723 g/mol. The molecule has 1 aliphatic heterocycles. The number of rotatable bonds is 12. The summed E-state index contributed by atoms with van der Waals surface area (Å²) < 4.78 is 17.6. The molecule has 0 bridgehead atoms. The van der Waals surface area contributed by atoms with Crippen LogP contribution < -0.4 is 20.3 Å². The van der Waals surface area contributed by atoms with Crippen LogP contribution in [0, 0.1) is 0 Å². The number of urea groups is 1. The quantitative estimate of drug-likeness (QED) is 0.156. The van der Waals surface area contributed by atoms with Crippen molar-refractivity contribution < 1.29 is 14.3 Å². The standard InChI is InChI=1S/C39H53N11O3/c1-27-11-9-10-18-48(27)38-44-43-35-17-14-29(26-49(35)38)53-33-16-15-32(30-12-7-8-13-31(30)33)41-37(51)42-36-23-34(39(2,3)4)45-50(36)28-24-40-47(25-28)20-19-46(5)21-22-52-6/h7-8,12-14,17,23-27,32-33H,9-11,15-16,18-22H2,1-6H3,(H2,41,42,51). The van der Waals surface area contributed by atoms with Crippen LogP contribution in [0.15, 0.2) is 61.1 Å². The molecule has 4 aromatic heterocycles. The molecule has 1 aromatic carbocycles. The number of nitrogens with zero attached hydrogens (tertiary/aromatic N) is 9. The molecular weight excluding hydrogens is 671 g/mol. The van der Waals surface area contributed by atoms with Gasteiger partial charge >= 0.3 is 6.03 Å². The first-order valence-corrected chi connectivity index (χ1v) is 18.8. The second-order valence-corrected chi connectivity index (χ2v) is 15.4. The van der Waals surface area contributed by atoms with E-state index in [0.29, 0.717) is 18.5 Å². The van der Waals surface area contributed by atoms with Gasteiger partial charge in [0.05, 0.1) is 43.5 Å². The lowest BCUT2D eigenvalue weighted by atomic mass is 9.85. The zero-order chi connectivity index (χ0) is 37.1. The average Bonchev–Trinajstić information content (AvgIpc) is 3.90. The number of pyridine rings is 1. The van der Waals surface area contributed by atoms with E-state index in [1.165, 1.54) is 6.42 Å². The summed E-state index contributed by atoms with van der Waals surface area (Å²) in [5.74, 6) is 2.21. The highest BCUT2D eigenvalue weighted by Crippen LogP contribution is 2.39. The van der Waals surface area contributed by atoms with Gasteiger partial charge in [-0.25, -0.2) is 9.48 Å². The van der Waals surface area contributed by atoms with Crippen molar-refractivity contribution in [2.75, 3.05) is 50.6 Å². The normalized spacial score (nSPS) is 19.1. The highest BCUT2D eigenvalue weighted by Gasteiger charge is 2.31. The van der Waals surface area contributed by atoms with Crippen LogP contribution in [0.1, 0.15) is 88.8 Å². The second-order valence-electron chi connectivity index (χ2n) is 15.4. The molecular formula is C39H53N11O3. The highest BCUT2D eigenvalue weighted by atomic mass is 16.5. The number of carbonyl (C=O) groups is 1. The number of carbonyl (C=O) groups excluding carboxylic acids is 1. The van der Waals surface area contributed by atoms with Crippen molar-refractivity contribution in [1.82, 2.24) is 44.4 Å². The van der Waals surface area contributed by atoms with Crippen LogP contribution in [0.25, 0.3) is 11.3 Å². The number of benzene rings is 1. The van der Waals surface area contributed by atoms with Crippen LogP contribution in [-0.4, -0.2) is 91.5 Å². The number of hydrogen-bond acceptors (Lipinski definition) is 9. The SMILES string of the molecule is COCCN(C)CCn1cc(-n2nc(C(C)(C)C)cc2NC(=O)NC2CCC(Oc3ccc4nnc(N5CCCCC5C)n4c3)c3ccccc32)cn1. The zero-order valence-corrected chi connectivity index (χ0v) is 31.8. The maximum Gasteiger partial charge on any atom is 0.320 e. The molecule has 53 heavy (non-hydrogen) atoms. The fourth-order valence-electron chi connectivity index (χ4n) is 7.27. The average molecular weight is 724 g/mol. The Morgan fingerprint density at radius 3 is 2.64 bits per heavy atom. The van der Waals surface area contributed by atoms with Gasteiger partial charge in [0, 0.05) is 44.3 Å². The van der Waals surface area contributed by atoms with Crippen molar-refractivity contribution in [3.63, 3.8) is 0 Å². The van der Waals surface area contributed by atoms with Crippen LogP contribution >= 0.6 is 0 Å².